The molecule has 5 heteroatoms. The normalized spacial score (nSPS) is 10.2. The Labute approximate surface area is 123 Å². The van der Waals surface area contributed by atoms with E-state index in [9.17, 15) is 9.59 Å². The number of nitrogens with one attached hydrogen (secondary N) is 1. The third-order valence-corrected chi connectivity index (χ3v) is 3.26. The van der Waals surface area contributed by atoms with E-state index >= 15 is 0 Å². The van der Waals surface area contributed by atoms with Crippen molar-refractivity contribution in [3.63, 3.8) is 0 Å². The van der Waals surface area contributed by atoms with Gasteiger partial charge in [-0.2, -0.15) is 0 Å². The van der Waals surface area contributed by atoms with Crippen LogP contribution in [0.4, 0.5) is 11.4 Å². The number of hydrogen-bond acceptors (Lipinski definition) is 3. The first-order chi connectivity index (χ1) is 9.88. The van der Waals surface area contributed by atoms with Crippen LogP contribution in [-0.4, -0.2) is 11.8 Å². The summed E-state index contributed by atoms with van der Waals surface area (Å²) in [6.07, 6.45) is 0. The molecule has 0 saturated heterocycles. The van der Waals surface area contributed by atoms with E-state index in [1.807, 2.05) is 19.9 Å². The molecule has 0 heterocycles. The Hall–Kier alpha value is -2.82. The lowest BCUT2D eigenvalue weighted by Crippen LogP contribution is -2.15. The second kappa shape index (κ2) is 5.66. The van der Waals surface area contributed by atoms with Crippen LogP contribution in [0.2, 0.25) is 0 Å². The zero-order valence-electron chi connectivity index (χ0n) is 11.9. The van der Waals surface area contributed by atoms with Crippen molar-refractivity contribution in [1.82, 2.24) is 0 Å². The number of benzene rings is 2. The summed E-state index contributed by atoms with van der Waals surface area (Å²) < 4.78 is 0. The van der Waals surface area contributed by atoms with E-state index in [0.717, 1.165) is 11.1 Å². The average Bonchev–Trinajstić information content (AvgIpc) is 2.43. The summed E-state index contributed by atoms with van der Waals surface area (Å²) in [5, 5.41) is 2.74. The summed E-state index contributed by atoms with van der Waals surface area (Å²) >= 11 is 0. The first kappa shape index (κ1) is 14.6. The highest BCUT2D eigenvalue weighted by molar-refractivity contribution is 6.06. The van der Waals surface area contributed by atoms with Gasteiger partial charge in [0.1, 0.15) is 0 Å². The number of nitrogens with two attached hydrogens (primary N) is 2. The molecule has 0 spiro atoms. The molecule has 0 bridgehead atoms. The lowest BCUT2D eigenvalue weighted by molar-refractivity contribution is 0.0996. The van der Waals surface area contributed by atoms with Crippen LogP contribution in [0, 0.1) is 13.8 Å². The van der Waals surface area contributed by atoms with Crippen molar-refractivity contribution in [2.24, 2.45) is 5.73 Å². The molecule has 21 heavy (non-hydrogen) atoms. The maximum atomic E-state index is 12.3. The van der Waals surface area contributed by atoms with Crippen LogP contribution in [0.3, 0.4) is 0 Å². The Kier molecular flexibility index (Phi) is 3.93. The van der Waals surface area contributed by atoms with Gasteiger partial charge in [0.2, 0.25) is 5.91 Å². The number of primary amides is 1. The van der Waals surface area contributed by atoms with Crippen molar-refractivity contribution < 1.29 is 9.59 Å². The van der Waals surface area contributed by atoms with Crippen LogP contribution in [-0.2, 0) is 0 Å². The van der Waals surface area contributed by atoms with Crippen LogP contribution in [0.15, 0.2) is 36.4 Å². The number of carbonyl (C=O) groups excluding carboxylic acids is 2. The summed E-state index contributed by atoms with van der Waals surface area (Å²) in [7, 11) is 0. The summed E-state index contributed by atoms with van der Waals surface area (Å²) in [5.41, 5.74) is 14.7. The van der Waals surface area contributed by atoms with Gasteiger partial charge in [0, 0.05) is 22.5 Å². The molecule has 5 nitrogen and oxygen atoms in total. The fraction of sp³-hybridized carbons (Fsp3) is 0.125. The number of nitrogen functional groups attached to an aromatic ring is 1. The summed E-state index contributed by atoms with van der Waals surface area (Å²) in [6, 6.07) is 9.99. The van der Waals surface area contributed by atoms with Gasteiger partial charge >= 0.3 is 0 Å². The molecular weight excluding hydrogens is 266 g/mol. The number of carbonyl (C=O) groups is 2. The lowest BCUT2D eigenvalue weighted by Gasteiger charge is -2.11. The van der Waals surface area contributed by atoms with E-state index in [-0.39, 0.29) is 5.91 Å². The zero-order valence-corrected chi connectivity index (χ0v) is 11.9. The van der Waals surface area contributed by atoms with Gasteiger partial charge in [-0.05, 0) is 49.2 Å². The third kappa shape index (κ3) is 3.20. The van der Waals surface area contributed by atoms with E-state index in [0.29, 0.717) is 22.5 Å². The van der Waals surface area contributed by atoms with Crippen molar-refractivity contribution in [3.05, 3.63) is 58.7 Å². The van der Waals surface area contributed by atoms with E-state index in [4.69, 9.17) is 11.5 Å². The molecule has 0 fully saturated rings. The second-order valence-electron chi connectivity index (χ2n) is 4.92. The van der Waals surface area contributed by atoms with Gasteiger partial charge in [-0.15, -0.1) is 0 Å². The molecule has 0 radical (unpaired) electrons. The van der Waals surface area contributed by atoms with Crippen molar-refractivity contribution in [1.29, 1.82) is 0 Å². The molecule has 0 aromatic heterocycles. The second-order valence-corrected chi connectivity index (χ2v) is 4.92. The molecule has 2 aromatic carbocycles. The molecule has 2 aromatic rings. The Morgan fingerprint density at radius 2 is 1.76 bits per heavy atom. The Morgan fingerprint density at radius 3 is 2.43 bits per heavy atom. The van der Waals surface area contributed by atoms with Crippen LogP contribution in [0.25, 0.3) is 0 Å². The minimum atomic E-state index is -0.540. The van der Waals surface area contributed by atoms with Crippen LogP contribution in [0.5, 0.6) is 0 Å². The van der Waals surface area contributed by atoms with E-state index in [1.165, 1.54) is 6.07 Å². The highest BCUT2D eigenvalue weighted by Crippen LogP contribution is 2.19. The van der Waals surface area contributed by atoms with Crippen LogP contribution < -0.4 is 16.8 Å². The minimum absolute atomic E-state index is 0.277. The Bertz CT molecular complexity index is 723. The molecule has 0 aliphatic heterocycles. The number of anilines is 2. The highest BCUT2D eigenvalue weighted by Gasteiger charge is 2.12. The predicted octanol–water partition coefficient (Wildman–Crippen LogP) is 2.24. The molecule has 0 saturated carbocycles. The van der Waals surface area contributed by atoms with E-state index < -0.39 is 5.91 Å². The first-order valence-corrected chi connectivity index (χ1v) is 6.46. The largest absolute Gasteiger partial charge is 0.398 e. The van der Waals surface area contributed by atoms with Gasteiger partial charge in [-0.3, -0.25) is 9.59 Å². The van der Waals surface area contributed by atoms with E-state index in [2.05, 4.69) is 5.32 Å². The molecule has 2 amide bonds. The Morgan fingerprint density at radius 1 is 1.05 bits per heavy atom. The van der Waals surface area contributed by atoms with Gasteiger partial charge in [0.25, 0.3) is 5.91 Å². The number of hydrogen-bond donors (Lipinski definition) is 3. The number of rotatable bonds is 3. The first-order valence-electron chi connectivity index (χ1n) is 6.46. The van der Waals surface area contributed by atoms with Crippen molar-refractivity contribution in [2.75, 3.05) is 11.1 Å². The maximum Gasteiger partial charge on any atom is 0.256 e. The topological polar surface area (TPSA) is 98.2 Å². The van der Waals surface area contributed by atoms with Crippen molar-refractivity contribution in [3.8, 4) is 0 Å². The predicted molar refractivity (Wildman–Crippen MR) is 83.2 cm³/mol. The monoisotopic (exact) mass is 283 g/mol. The number of amides is 2. The van der Waals surface area contributed by atoms with Crippen LogP contribution >= 0.6 is 0 Å². The fourth-order valence-electron chi connectivity index (χ4n) is 2.06. The lowest BCUT2D eigenvalue weighted by atomic mass is 10.0. The number of aryl methyl sites for hydroxylation is 2. The average molecular weight is 283 g/mol. The minimum Gasteiger partial charge on any atom is -0.398 e. The molecule has 0 atom stereocenters. The van der Waals surface area contributed by atoms with Crippen molar-refractivity contribution >= 4 is 23.2 Å². The quantitative estimate of drug-likeness (QED) is 0.753. The fourth-order valence-corrected chi connectivity index (χ4v) is 2.06. The summed E-state index contributed by atoms with van der Waals surface area (Å²) in [6.45, 7) is 3.74. The van der Waals surface area contributed by atoms with Gasteiger partial charge in [-0.1, -0.05) is 12.1 Å². The molecule has 5 N–H and O–H groups in total. The van der Waals surface area contributed by atoms with Gasteiger partial charge < -0.3 is 16.8 Å². The van der Waals surface area contributed by atoms with Gasteiger partial charge in [-0.25, -0.2) is 0 Å². The van der Waals surface area contributed by atoms with Crippen LogP contribution in [0.1, 0.15) is 31.8 Å². The van der Waals surface area contributed by atoms with Crippen molar-refractivity contribution in [2.45, 2.75) is 13.8 Å². The molecule has 2 rings (SSSR count). The van der Waals surface area contributed by atoms with Gasteiger partial charge in [0.05, 0.1) is 0 Å². The van der Waals surface area contributed by atoms with Gasteiger partial charge in [0.15, 0.2) is 0 Å². The molecule has 0 aliphatic carbocycles. The smallest absolute Gasteiger partial charge is 0.256 e. The molecular formula is C16H17N3O2. The standard InChI is InChI=1S/C16H17N3O2/c1-9-6-10(2)14(17)8-13(9)16(21)19-12-5-3-4-11(7-12)15(18)20/h3-8H,17H2,1-2H3,(H2,18,20)(H,19,21). The Balaban J connectivity index is 2.28. The maximum absolute atomic E-state index is 12.3. The third-order valence-electron chi connectivity index (χ3n) is 3.26. The molecule has 0 aliphatic rings. The van der Waals surface area contributed by atoms with E-state index in [1.54, 1.807) is 24.3 Å². The summed E-state index contributed by atoms with van der Waals surface area (Å²) in [5.74, 6) is -0.817. The zero-order chi connectivity index (χ0) is 15.6. The SMILES string of the molecule is Cc1cc(C)c(C(=O)Nc2cccc(C(N)=O)c2)cc1N. The summed E-state index contributed by atoms with van der Waals surface area (Å²) in [4.78, 5) is 23.4. The highest BCUT2D eigenvalue weighted by atomic mass is 16.2. The molecule has 0 unspecified atom stereocenters. The molecule has 108 valence electrons.